The minimum atomic E-state index is -1.32. The maximum Gasteiger partial charge on any atom is 0.319 e. The molecule has 0 saturated carbocycles. The van der Waals surface area contributed by atoms with Gasteiger partial charge < -0.3 is 15.7 Å². The molecule has 0 radical (unpaired) electrons. The number of carbonyl (C=O) groups excluding carboxylic acids is 1. The third kappa shape index (κ3) is 4.23. The molecule has 0 bridgehead atoms. The highest BCUT2D eigenvalue weighted by atomic mass is 19.1. The van der Waals surface area contributed by atoms with Crippen LogP contribution in [0.2, 0.25) is 0 Å². The number of urea groups is 1. The summed E-state index contributed by atoms with van der Waals surface area (Å²) < 4.78 is 38.9. The summed E-state index contributed by atoms with van der Waals surface area (Å²) in [6.45, 7) is -0.268. The Balaban J connectivity index is 1.88. The van der Waals surface area contributed by atoms with Crippen molar-refractivity contribution in [3.63, 3.8) is 0 Å². The van der Waals surface area contributed by atoms with Gasteiger partial charge in [-0.2, -0.15) is 0 Å². The van der Waals surface area contributed by atoms with Crippen LogP contribution < -0.4 is 10.6 Å². The van der Waals surface area contributed by atoms with Crippen molar-refractivity contribution in [3.8, 4) is 0 Å². The van der Waals surface area contributed by atoms with Crippen LogP contribution in [0.25, 0.3) is 0 Å². The van der Waals surface area contributed by atoms with Gasteiger partial charge in [0.25, 0.3) is 0 Å². The Hall–Kier alpha value is -2.54. The van der Waals surface area contributed by atoms with Crippen molar-refractivity contribution in [2.24, 2.45) is 0 Å². The summed E-state index contributed by atoms with van der Waals surface area (Å²) in [5, 5.41) is 14.5. The van der Waals surface area contributed by atoms with Crippen LogP contribution >= 0.6 is 0 Å². The number of rotatable bonds is 4. The van der Waals surface area contributed by atoms with E-state index in [1.54, 1.807) is 0 Å². The van der Waals surface area contributed by atoms with Crippen molar-refractivity contribution in [2.45, 2.75) is 6.10 Å². The second-order valence-corrected chi connectivity index (χ2v) is 4.52. The molecule has 0 spiro atoms. The number of hydrogen-bond acceptors (Lipinski definition) is 2. The molecule has 116 valence electrons. The zero-order chi connectivity index (χ0) is 16.1. The van der Waals surface area contributed by atoms with Gasteiger partial charge in [0.1, 0.15) is 17.5 Å². The Morgan fingerprint density at radius 1 is 1.05 bits per heavy atom. The van der Waals surface area contributed by atoms with Gasteiger partial charge in [0.2, 0.25) is 0 Å². The molecule has 0 fully saturated rings. The Bertz CT molecular complexity index is 662. The minimum absolute atomic E-state index is 0.122. The first-order chi connectivity index (χ1) is 10.5. The largest absolute Gasteiger partial charge is 0.386 e. The van der Waals surface area contributed by atoms with E-state index in [-0.39, 0.29) is 12.1 Å². The van der Waals surface area contributed by atoms with Crippen molar-refractivity contribution < 1.29 is 23.1 Å². The van der Waals surface area contributed by atoms with Gasteiger partial charge in [-0.1, -0.05) is 6.07 Å². The molecule has 7 heteroatoms. The Labute approximate surface area is 124 Å². The molecular formula is C15H13F3N2O2. The molecule has 0 aliphatic heterocycles. The van der Waals surface area contributed by atoms with E-state index in [2.05, 4.69) is 10.6 Å². The number of aliphatic hydroxyl groups is 1. The number of carbonyl (C=O) groups is 1. The smallest absolute Gasteiger partial charge is 0.319 e. The number of aliphatic hydroxyl groups excluding tert-OH is 1. The van der Waals surface area contributed by atoms with Crippen LogP contribution in [0.15, 0.2) is 42.5 Å². The fraction of sp³-hybridized carbons (Fsp3) is 0.133. The summed E-state index contributed by atoms with van der Waals surface area (Å²) in [5.41, 5.74) is 0.241. The van der Waals surface area contributed by atoms with Crippen molar-refractivity contribution in [1.82, 2.24) is 5.32 Å². The molecule has 22 heavy (non-hydrogen) atoms. The summed E-state index contributed by atoms with van der Waals surface area (Å²) in [6, 6.07) is 7.21. The van der Waals surface area contributed by atoms with Gasteiger partial charge in [-0.25, -0.2) is 18.0 Å². The molecule has 0 aliphatic carbocycles. The predicted molar refractivity (Wildman–Crippen MR) is 74.7 cm³/mol. The summed E-state index contributed by atoms with van der Waals surface area (Å²) >= 11 is 0. The summed E-state index contributed by atoms with van der Waals surface area (Å²) in [7, 11) is 0. The quantitative estimate of drug-likeness (QED) is 0.813. The first-order valence-electron chi connectivity index (χ1n) is 6.39. The van der Waals surface area contributed by atoms with E-state index in [4.69, 9.17) is 0 Å². The highest BCUT2D eigenvalue weighted by Crippen LogP contribution is 2.17. The highest BCUT2D eigenvalue weighted by molar-refractivity contribution is 5.89. The second-order valence-electron chi connectivity index (χ2n) is 4.52. The number of halogens is 3. The average molecular weight is 310 g/mol. The standard InChI is InChI=1S/C15H13F3N2O2/c16-9-1-4-11(5-2-9)20-15(22)19-8-14(21)12-6-3-10(17)7-13(12)18/h1-7,14,21H,8H2,(H2,19,20,22)/t14-/m1/s1. The van der Waals surface area contributed by atoms with Crippen molar-refractivity contribution in [1.29, 1.82) is 0 Å². The lowest BCUT2D eigenvalue weighted by atomic mass is 10.1. The first kappa shape index (κ1) is 15.8. The van der Waals surface area contributed by atoms with Crippen molar-refractivity contribution >= 4 is 11.7 Å². The normalized spacial score (nSPS) is 11.8. The van der Waals surface area contributed by atoms with Gasteiger partial charge >= 0.3 is 6.03 Å². The maximum atomic E-state index is 13.4. The van der Waals surface area contributed by atoms with Gasteiger partial charge in [-0.05, 0) is 30.3 Å². The van der Waals surface area contributed by atoms with Gasteiger partial charge in [-0.15, -0.1) is 0 Å². The Morgan fingerprint density at radius 2 is 1.68 bits per heavy atom. The fourth-order valence-electron chi connectivity index (χ4n) is 1.78. The molecule has 0 unspecified atom stereocenters. The summed E-state index contributed by atoms with van der Waals surface area (Å²) in [6.07, 6.45) is -1.32. The molecular weight excluding hydrogens is 297 g/mol. The van der Waals surface area contributed by atoms with E-state index in [0.29, 0.717) is 11.8 Å². The zero-order valence-corrected chi connectivity index (χ0v) is 11.3. The van der Waals surface area contributed by atoms with E-state index in [1.165, 1.54) is 24.3 Å². The highest BCUT2D eigenvalue weighted by Gasteiger charge is 2.14. The predicted octanol–water partition coefficient (Wildman–Crippen LogP) is 2.96. The fourth-order valence-corrected chi connectivity index (χ4v) is 1.78. The number of amides is 2. The van der Waals surface area contributed by atoms with Crippen LogP contribution in [0.5, 0.6) is 0 Å². The first-order valence-corrected chi connectivity index (χ1v) is 6.39. The molecule has 2 aromatic rings. The molecule has 4 nitrogen and oxygen atoms in total. The van der Waals surface area contributed by atoms with Gasteiger partial charge in [0, 0.05) is 23.9 Å². The molecule has 1 atom stereocenters. The molecule has 0 saturated heterocycles. The van der Waals surface area contributed by atoms with Gasteiger partial charge in [-0.3, -0.25) is 0 Å². The lowest BCUT2D eigenvalue weighted by Crippen LogP contribution is -2.32. The van der Waals surface area contributed by atoms with Crippen LogP contribution in [0.1, 0.15) is 11.7 Å². The number of anilines is 1. The van der Waals surface area contributed by atoms with Gasteiger partial charge in [0.05, 0.1) is 6.10 Å². The molecule has 2 rings (SSSR count). The summed E-state index contributed by atoms with van der Waals surface area (Å²) in [5.74, 6) is -2.09. The summed E-state index contributed by atoms with van der Waals surface area (Å²) in [4.78, 5) is 11.6. The zero-order valence-electron chi connectivity index (χ0n) is 11.3. The van der Waals surface area contributed by atoms with Crippen LogP contribution in [0.4, 0.5) is 23.7 Å². The van der Waals surface area contributed by atoms with E-state index < -0.39 is 29.6 Å². The van der Waals surface area contributed by atoms with E-state index in [9.17, 15) is 23.1 Å². The maximum absolute atomic E-state index is 13.4. The molecule has 0 aliphatic rings. The van der Waals surface area contributed by atoms with Crippen LogP contribution in [0, 0.1) is 17.5 Å². The Kier molecular flexibility index (Phi) is 5.00. The molecule has 2 amide bonds. The third-order valence-corrected chi connectivity index (χ3v) is 2.88. The monoisotopic (exact) mass is 310 g/mol. The van der Waals surface area contributed by atoms with E-state index >= 15 is 0 Å². The molecule has 0 heterocycles. The molecule has 3 N–H and O–H groups in total. The van der Waals surface area contributed by atoms with E-state index in [0.717, 1.165) is 12.1 Å². The lowest BCUT2D eigenvalue weighted by Gasteiger charge is -2.13. The molecule has 0 aromatic heterocycles. The second kappa shape index (κ2) is 6.95. The van der Waals surface area contributed by atoms with Crippen molar-refractivity contribution in [3.05, 3.63) is 65.5 Å². The number of hydrogen-bond donors (Lipinski definition) is 3. The number of nitrogens with one attached hydrogen (secondary N) is 2. The Morgan fingerprint density at radius 3 is 2.32 bits per heavy atom. The third-order valence-electron chi connectivity index (χ3n) is 2.88. The van der Waals surface area contributed by atoms with Crippen LogP contribution in [-0.2, 0) is 0 Å². The van der Waals surface area contributed by atoms with Crippen LogP contribution in [-0.4, -0.2) is 17.7 Å². The molecule has 2 aromatic carbocycles. The lowest BCUT2D eigenvalue weighted by molar-refractivity contribution is 0.170. The van der Waals surface area contributed by atoms with Crippen molar-refractivity contribution in [2.75, 3.05) is 11.9 Å². The number of benzene rings is 2. The van der Waals surface area contributed by atoms with E-state index in [1.807, 2.05) is 0 Å². The average Bonchev–Trinajstić information content (AvgIpc) is 2.47. The van der Waals surface area contributed by atoms with Crippen LogP contribution in [0.3, 0.4) is 0 Å². The SMILES string of the molecule is O=C(NC[C@@H](O)c1ccc(F)cc1F)Nc1ccc(F)cc1. The van der Waals surface area contributed by atoms with Gasteiger partial charge in [0.15, 0.2) is 0 Å². The minimum Gasteiger partial charge on any atom is -0.386 e. The topological polar surface area (TPSA) is 61.4 Å².